The molecule has 0 bridgehead atoms. The van der Waals surface area contributed by atoms with Crippen molar-refractivity contribution in [2.75, 3.05) is 5.32 Å². The number of carboxylic acid groups (broad SMARTS) is 2. The number of nitrogens with one attached hydrogen (secondary N) is 1. The first-order chi connectivity index (χ1) is 12.6. The van der Waals surface area contributed by atoms with Crippen molar-refractivity contribution in [1.82, 2.24) is 0 Å². The Labute approximate surface area is 156 Å². The van der Waals surface area contributed by atoms with E-state index in [1.807, 2.05) is 0 Å². The topological polar surface area (TPSA) is 113 Å². The number of para-hydroxylation sites is 1. The van der Waals surface area contributed by atoms with Crippen molar-refractivity contribution in [2.24, 2.45) is 0 Å². The maximum atomic E-state index is 12.0. The summed E-state index contributed by atoms with van der Waals surface area (Å²) < 4.78 is 5.25. The highest BCUT2D eigenvalue weighted by Gasteiger charge is 2.19. The van der Waals surface area contributed by atoms with E-state index in [9.17, 15) is 19.5 Å². The van der Waals surface area contributed by atoms with Crippen LogP contribution in [0.2, 0.25) is 0 Å². The molecule has 0 aliphatic rings. The molecule has 0 unspecified atom stereocenters. The zero-order valence-electron chi connectivity index (χ0n) is 15.3. The van der Waals surface area contributed by atoms with E-state index in [0.29, 0.717) is 17.7 Å². The summed E-state index contributed by atoms with van der Waals surface area (Å²) in [7, 11) is 0. The fourth-order valence-electron chi connectivity index (χ4n) is 2.49. The van der Waals surface area contributed by atoms with Gasteiger partial charge in [-0.3, -0.25) is 5.32 Å². The Balaban J connectivity index is 2.28. The van der Waals surface area contributed by atoms with Crippen LogP contribution in [-0.2, 0) is 11.2 Å². The van der Waals surface area contributed by atoms with Gasteiger partial charge in [-0.2, -0.15) is 0 Å². The van der Waals surface area contributed by atoms with Crippen molar-refractivity contribution in [3.8, 4) is 0 Å². The van der Waals surface area contributed by atoms with Gasteiger partial charge in [0.15, 0.2) is 0 Å². The van der Waals surface area contributed by atoms with Crippen LogP contribution in [0.3, 0.4) is 0 Å². The lowest BCUT2D eigenvalue weighted by Gasteiger charge is -2.20. The molecule has 3 N–H and O–H groups in total. The van der Waals surface area contributed by atoms with Gasteiger partial charge in [-0.05, 0) is 56.5 Å². The second kappa shape index (κ2) is 7.90. The third kappa shape index (κ3) is 5.57. The van der Waals surface area contributed by atoms with Crippen LogP contribution in [0.15, 0.2) is 42.5 Å². The molecule has 142 valence electrons. The molecule has 27 heavy (non-hydrogen) atoms. The maximum absolute atomic E-state index is 12.0. The molecule has 1 amide bonds. The van der Waals surface area contributed by atoms with E-state index in [1.165, 1.54) is 12.1 Å². The Kier molecular flexibility index (Phi) is 5.85. The first kappa shape index (κ1) is 20.0. The van der Waals surface area contributed by atoms with Crippen LogP contribution >= 0.6 is 0 Å². The average Bonchev–Trinajstić information content (AvgIpc) is 2.54. The van der Waals surface area contributed by atoms with E-state index >= 15 is 0 Å². The Morgan fingerprint density at radius 1 is 0.963 bits per heavy atom. The van der Waals surface area contributed by atoms with E-state index in [0.717, 1.165) is 5.56 Å². The minimum absolute atomic E-state index is 0.272. The third-order valence-corrected chi connectivity index (χ3v) is 3.59. The number of rotatable bonds is 5. The van der Waals surface area contributed by atoms with Crippen molar-refractivity contribution in [3.05, 3.63) is 64.7 Å². The van der Waals surface area contributed by atoms with Gasteiger partial charge in [0.05, 0.1) is 11.1 Å². The average molecular weight is 371 g/mol. The van der Waals surface area contributed by atoms with Crippen LogP contribution < -0.4 is 5.32 Å². The molecular formula is C20H21NO6. The highest BCUT2D eigenvalue weighted by Crippen LogP contribution is 2.22. The minimum Gasteiger partial charge on any atom is -0.478 e. The Morgan fingerprint density at radius 2 is 1.59 bits per heavy atom. The smallest absolute Gasteiger partial charge is 0.412 e. The molecule has 0 spiro atoms. The largest absolute Gasteiger partial charge is 0.478 e. The number of carboxylic acids is 2. The molecule has 0 aliphatic carbocycles. The second-order valence-corrected chi connectivity index (χ2v) is 6.95. The lowest BCUT2D eigenvalue weighted by atomic mass is 9.98. The van der Waals surface area contributed by atoms with Crippen molar-refractivity contribution in [2.45, 2.75) is 32.8 Å². The lowest BCUT2D eigenvalue weighted by molar-refractivity contribution is 0.0633. The summed E-state index contributed by atoms with van der Waals surface area (Å²) in [6, 6.07) is 11.2. The number of carbonyl (C=O) groups excluding carboxylic acids is 1. The molecule has 0 atom stereocenters. The summed E-state index contributed by atoms with van der Waals surface area (Å²) in [5.74, 6) is -2.61. The van der Waals surface area contributed by atoms with Crippen LogP contribution in [0.1, 0.15) is 52.6 Å². The van der Waals surface area contributed by atoms with Gasteiger partial charge in [0, 0.05) is 5.69 Å². The van der Waals surface area contributed by atoms with Crippen molar-refractivity contribution < 1.29 is 29.3 Å². The highest BCUT2D eigenvalue weighted by atomic mass is 16.6. The van der Waals surface area contributed by atoms with E-state index in [2.05, 4.69) is 5.32 Å². The van der Waals surface area contributed by atoms with Crippen LogP contribution in [0, 0.1) is 0 Å². The molecule has 0 fully saturated rings. The third-order valence-electron chi connectivity index (χ3n) is 3.59. The van der Waals surface area contributed by atoms with Gasteiger partial charge >= 0.3 is 18.0 Å². The summed E-state index contributed by atoms with van der Waals surface area (Å²) in [4.78, 5) is 34.5. The summed E-state index contributed by atoms with van der Waals surface area (Å²) >= 11 is 0. The number of ether oxygens (including phenoxy) is 1. The molecule has 0 heterocycles. The predicted molar refractivity (Wildman–Crippen MR) is 99.5 cm³/mol. The molecule has 0 radical (unpaired) electrons. The fraction of sp³-hybridized carbons (Fsp3) is 0.250. The Morgan fingerprint density at radius 3 is 2.19 bits per heavy atom. The molecular weight excluding hydrogens is 350 g/mol. The first-order valence-corrected chi connectivity index (χ1v) is 8.24. The normalized spacial score (nSPS) is 10.9. The van der Waals surface area contributed by atoms with Crippen LogP contribution in [-0.4, -0.2) is 33.8 Å². The van der Waals surface area contributed by atoms with Gasteiger partial charge in [-0.25, -0.2) is 14.4 Å². The number of carbonyl (C=O) groups is 3. The van der Waals surface area contributed by atoms with Gasteiger partial charge in [0.25, 0.3) is 0 Å². The van der Waals surface area contributed by atoms with Gasteiger partial charge in [-0.1, -0.05) is 24.3 Å². The van der Waals surface area contributed by atoms with Gasteiger partial charge in [0.2, 0.25) is 0 Å². The summed E-state index contributed by atoms with van der Waals surface area (Å²) in [5, 5.41) is 21.0. The van der Waals surface area contributed by atoms with Crippen molar-refractivity contribution >= 4 is 23.7 Å². The van der Waals surface area contributed by atoms with E-state index in [1.54, 1.807) is 51.1 Å². The molecule has 7 nitrogen and oxygen atoms in total. The molecule has 0 aromatic heterocycles. The van der Waals surface area contributed by atoms with Crippen LogP contribution in [0.25, 0.3) is 0 Å². The molecule has 2 aromatic rings. The Hall–Kier alpha value is -3.35. The number of amides is 1. The SMILES string of the molecule is CC(C)(C)OC(=O)Nc1ccccc1Cc1ccc(C(=O)O)c(C(=O)O)c1. The lowest BCUT2D eigenvalue weighted by Crippen LogP contribution is -2.27. The monoisotopic (exact) mass is 371 g/mol. The van der Waals surface area contributed by atoms with Crippen molar-refractivity contribution in [1.29, 1.82) is 0 Å². The molecule has 2 rings (SSSR count). The number of benzene rings is 2. The maximum Gasteiger partial charge on any atom is 0.412 e. The molecule has 0 saturated heterocycles. The highest BCUT2D eigenvalue weighted by molar-refractivity contribution is 6.01. The van der Waals surface area contributed by atoms with Gasteiger partial charge in [-0.15, -0.1) is 0 Å². The van der Waals surface area contributed by atoms with E-state index in [4.69, 9.17) is 9.84 Å². The standard InChI is InChI=1S/C20H21NO6/c1-20(2,3)27-19(26)21-16-7-5-4-6-13(16)10-12-8-9-14(17(22)23)15(11-12)18(24)25/h4-9,11H,10H2,1-3H3,(H,21,26)(H,22,23)(H,24,25). The van der Waals surface area contributed by atoms with Crippen LogP contribution in [0.4, 0.5) is 10.5 Å². The van der Waals surface area contributed by atoms with Gasteiger partial charge < -0.3 is 14.9 Å². The molecule has 2 aromatic carbocycles. The molecule has 0 saturated carbocycles. The van der Waals surface area contributed by atoms with Crippen LogP contribution in [0.5, 0.6) is 0 Å². The number of anilines is 1. The molecule has 7 heteroatoms. The quantitative estimate of drug-likeness (QED) is 0.732. The number of hydrogen-bond donors (Lipinski definition) is 3. The Bertz CT molecular complexity index is 882. The van der Waals surface area contributed by atoms with E-state index in [-0.39, 0.29) is 11.1 Å². The minimum atomic E-state index is -1.31. The summed E-state index contributed by atoms with van der Waals surface area (Å²) in [5.41, 5.74) is 0.691. The number of hydrogen-bond acceptors (Lipinski definition) is 4. The van der Waals surface area contributed by atoms with Crippen molar-refractivity contribution in [3.63, 3.8) is 0 Å². The predicted octanol–water partition coefficient (Wildman–Crippen LogP) is 4.02. The van der Waals surface area contributed by atoms with Gasteiger partial charge in [0.1, 0.15) is 5.60 Å². The first-order valence-electron chi connectivity index (χ1n) is 8.24. The zero-order chi connectivity index (χ0) is 20.2. The second-order valence-electron chi connectivity index (χ2n) is 6.95. The number of aromatic carboxylic acids is 2. The van der Waals surface area contributed by atoms with E-state index < -0.39 is 23.6 Å². The summed E-state index contributed by atoms with van der Waals surface area (Å²) in [6.45, 7) is 5.28. The zero-order valence-corrected chi connectivity index (χ0v) is 15.3. The molecule has 0 aliphatic heterocycles. The fourth-order valence-corrected chi connectivity index (χ4v) is 2.49. The summed E-state index contributed by atoms with van der Waals surface area (Å²) in [6.07, 6.45) is -0.283.